The summed E-state index contributed by atoms with van der Waals surface area (Å²) < 4.78 is 11.2. The van der Waals surface area contributed by atoms with Crippen LogP contribution in [0.3, 0.4) is 0 Å². The SMILES string of the molecule is CN=C(NCCCOCC1CCCO1)NCc1cccc(C)n1. The molecule has 1 aromatic rings. The number of aryl methyl sites for hydroxylation is 1. The molecule has 2 N–H and O–H groups in total. The molecule has 0 radical (unpaired) electrons. The zero-order chi connectivity index (χ0) is 16.3. The Hall–Kier alpha value is -1.66. The monoisotopic (exact) mass is 320 g/mol. The zero-order valence-electron chi connectivity index (χ0n) is 14.2. The van der Waals surface area contributed by atoms with Crippen molar-refractivity contribution in [3.8, 4) is 0 Å². The lowest BCUT2D eigenvalue weighted by molar-refractivity contribution is 0.0168. The van der Waals surface area contributed by atoms with Gasteiger partial charge in [0.15, 0.2) is 5.96 Å². The van der Waals surface area contributed by atoms with E-state index in [0.717, 1.165) is 56.4 Å². The second-order valence-corrected chi connectivity index (χ2v) is 5.69. The van der Waals surface area contributed by atoms with Crippen molar-refractivity contribution in [2.75, 3.05) is 33.4 Å². The molecule has 0 amide bonds. The van der Waals surface area contributed by atoms with Crippen LogP contribution in [0.5, 0.6) is 0 Å². The van der Waals surface area contributed by atoms with Crippen LogP contribution in [0, 0.1) is 6.92 Å². The van der Waals surface area contributed by atoms with Crippen molar-refractivity contribution in [2.24, 2.45) is 4.99 Å². The van der Waals surface area contributed by atoms with Crippen molar-refractivity contribution in [1.29, 1.82) is 0 Å². The highest BCUT2D eigenvalue weighted by atomic mass is 16.5. The maximum absolute atomic E-state index is 5.64. The first-order valence-electron chi connectivity index (χ1n) is 8.34. The molecule has 6 heteroatoms. The van der Waals surface area contributed by atoms with Crippen LogP contribution < -0.4 is 10.6 Å². The molecule has 0 aliphatic carbocycles. The molecule has 1 atom stereocenters. The summed E-state index contributed by atoms with van der Waals surface area (Å²) in [5, 5.41) is 6.55. The van der Waals surface area contributed by atoms with Gasteiger partial charge in [-0.1, -0.05) is 6.07 Å². The van der Waals surface area contributed by atoms with E-state index in [1.54, 1.807) is 7.05 Å². The molecule has 2 rings (SSSR count). The molecular weight excluding hydrogens is 292 g/mol. The standard InChI is InChI=1S/C17H28N4O2/c1-14-6-3-7-15(21-14)12-20-17(18-2)19-9-5-10-22-13-16-8-4-11-23-16/h3,6-7,16H,4-5,8-13H2,1-2H3,(H2,18,19,20). The van der Waals surface area contributed by atoms with Crippen molar-refractivity contribution in [3.63, 3.8) is 0 Å². The van der Waals surface area contributed by atoms with Crippen LogP contribution in [-0.2, 0) is 16.0 Å². The van der Waals surface area contributed by atoms with Crippen LogP contribution in [0.2, 0.25) is 0 Å². The van der Waals surface area contributed by atoms with Gasteiger partial charge < -0.3 is 20.1 Å². The van der Waals surface area contributed by atoms with Gasteiger partial charge in [-0.3, -0.25) is 9.98 Å². The lowest BCUT2D eigenvalue weighted by atomic mass is 10.2. The van der Waals surface area contributed by atoms with Crippen LogP contribution in [0.25, 0.3) is 0 Å². The predicted octanol–water partition coefficient (Wildman–Crippen LogP) is 1.64. The number of aliphatic imine (C=N–C) groups is 1. The average Bonchev–Trinajstić information content (AvgIpc) is 3.07. The first-order valence-corrected chi connectivity index (χ1v) is 8.34. The summed E-state index contributed by atoms with van der Waals surface area (Å²) in [4.78, 5) is 8.67. The Morgan fingerprint density at radius 1 is 1.43 bits per heavy atom. The first kappa shape index (κ1) is 17.7. The van der Waals surface area contributed by atoms with E-state index in [1.165, 1.54) is 0 Å². The Morgan fingerprint density at radius 2 is 2.35 bits per heavy atom. The number of hydrogen-bond acceptors (Lipinski definition) is 4. The maximum atomic E-state index is 5.64. The van der Waals surface area contributed by atoms with Crippen molar-refractivity contribution in [3.05, 3.63) is 29.6 Å². The minimum absolute atomic E-state index is 0.305. The van der Waals surface area contributed by atoms with Crippen LogP contribution >= 0.6 is 0 Å². The Labute approximate surface area is 138 Å². The zero-order valence-corrected chi connectivity index (χ0v) is 14.2. The van der Waals surface area contributed by atoms with Gasteiger partial charge in [-0.25, -0.2) is 0 Å². The Kier molecular flexibility index (Phi) is 7.83. The largest absolute Gasteiger partial charge is 0.379 e. The summed E-state index contributed by atoms with van der Waals surface area (Å²) in [5.74, 6) is 0.785. The number of aromatic nitrogens is 1. The molecule has 0 bridgehead atoms. The van der Waals surface area contributed by atoms with E-state index in [-0.39, 0.29) is 0 Å². The van der Waals surface area contributed by atoms with Crippen LogP contribution in [0.15, 0.2) is 23.2 Å². The molecule has 1 unspecified atom stereocenters. The normalized spacial score (nSPS) is 18.2. The maximum Gasteiger partial charge on any atom is 0.191 e. The summed E-state index contributed by atoms with van der Waals surface area (Å²) in [6.45, 7) is 5.82. The number of nitrogens with one attached hydrogen (secondary N) is 2. The second kappa shape index (κ2) is 10.2. The van der Waals surface area contributed by atoms with E-state index in [4.69, 9.17) is 9.47 Å². The number of guanidine groups is 1. The second-order valence-electron chi connectivity index (χ2n) is 5.69. The minimum Gasteiger partial charge on any atom is -0.379 e. The van der Waals surface area contributed by atoms with Crippen LogP contribution in [-0.4, -0.2) is 50.5 Å². The van der Waals surface area contributed by atoms with E-state index in [2.05, 4.69) is 20.6 Å². The number of hydrogen-bond donors (Lipinski definition) is 2. The molecule has 1 aliphatic heterocycles. The molecule has 1 saturated heterocycles. The van der Waals surface area contributed by atoms with Crippen molar-refractivity contribution < 1.29 is 9.47 Å². The Balaban J connectivity index is 1.54. The third-order valence-corrected chi connectivity index (χ3v) is 3.69. The van der Waals surface area contributed by atoms with Crippen molar-refractivity contribution >= 4 is 5.96 Å². The van der Waals surface area contributed by atoms with Crippen molar-refractivity contribution in [2.45, 2.75) is 38.8 Å². The van der Waals surface area contributed by atoms with E-state index in [9.17, 15) is 0 Å². The number of ether oxygens (including phenoxy) is 2. The third kappa shape index (κ3) is 6.97. The first-order chi connectivity index (χ1) is 11.3. The molecule has 23 heavy (non-hydrogen) atoms. The van der Waals surface area contributed by atoms with Gasteiger partial charge in [-0.05, 0) is 38.3 Å². The molecule has 1 aliphatic rings. The highest BCUT2D eigenvalue weighted by molar-refractivity contribution is 5.79. The van der Waals surface area contributed by atoms with Gasteiger partial charge in [-0.2, -0.15) is 0 Å². The highest BCUT2D eigenvalue weighted by Gasteiger charge is 2.14. The van der Waals surface area contributed by atoms with Gasteiger partial charge in [0.25, 0.3) is 0 Å². The van der Waals surface area contributed by atoms with Crippen LogP contribution in [0.1, 0.15) is 30.7 Å². The molecule has 6 nitrogen and oxygen atoms in total. The topological polar surface area (TPSA) is 67.8 Å². The van der Waals surface area contributed by atoms with Gasteiger partial charge >= 0.3 is 0 Å². The van der Waals surface area contributed by atoms with E-state index < -0.39 is 0 Å². The number of nitrogens with zero attached hydrogens (tertiary/aromatic N) is 2. The number of rotatable bonds is 8. The predicted molar refractivity (Wildman–Crippen MR) is 91.6 cm³/mol. The Morgan fingerprint density at radius 3 is 3.09 bits per heavy atom. The molecular formula is C17H28N4O2. The minimum atomic E-state index is 0.305. The summed E-state index contributed by atoms with van der Waals surface area (Å²) in [7, 11) is 1.77. The fourth-order valence-electron chi connectivity index (χ4n) is 2.46. The van der Waals surface area contributed by atoms with E-state index in [1.807, 2.05) is 25.1 Å². The third-order valence-electron chi connectivity index (χ3n) is 3.69. The Bertz CT molecular complexity index is 487. The quantitative estimate of drug-likeness (QED) is 0.433. The van der Waals surface area contributed by atoms with E-state index >= 15 is 0 Å². The van der Waals surface area contributed by atoms with Gasteiger partial charge in [0.2, 0.25) is 0 Å². The smallest absolute Gasteiger partial charge is 0.191 e. The van der Waals surface area contributed by atoms with Gasteiger partial charge in [0, 0.05) is 32.5 Å². The van der Waals surface area contributed by atoms with Gasteiger partial charge in [0.1, 0.15) is 0 Å². The fourth-order valence-corrected chi connectivity index (χ4v) is 2.46. The molecule has 1 fully saturated rings. The number of pyridine rings is 1. The van der Waals surface area contributed by atoms with Crippen molar-refractivity contribution in [1.82, 2.24) is 15.6 Å². The van der Waals surface area contributed by atoms with Gasteiger partial charge in [-0.15, -0.1) is 0 Å². The summed E-state index contributed by atoms with van der Waals surface area (Å²) >= 11 is 0. The summed E-state index contributed by atoms with van der Waals surface area (Å²) in [5.41, 5.74) is 2.03. The molecule has 128 valence electrons. The molecule has 1 aromatic heterocycles. The van der Waals surface area contributed by atoms with Gasteiger partial charge in [0.05, 0.1) is 24.9 Å². The average molecular weight is 320 g/mol. The summed E-state index contributed by atoms with van der Waals surface area (Å²) in [6.07, 6.45) is 3.53. The molecule has 0 spiro atoms. The van der Waals surface area contributed by atoms with E-state index in [0.29, 0.717) is 19.3 Å². The molecule has 2 heterocycles. The summed E-state index contributed by atoms with van der Waals surface area (Å²) in [6, 6.07) is 6.01. The molecule has 0 saturated carbocycles. The lowest BCUT2D eigenvalue weighted by Crippen LogP contribution is -2.37. The van der Waals surface area contributed by atoms with Crippen LogP contribution in [0.4, 0.5) is 0 Å². The molecule has 0 aromatic carbocycles. The lowest BCUT2D eigenvalue weighted by Gasteiger charge is -2.13. The highest BCUT2D eigenvalue weighted by Crippen LogP contribution is 2.11. The fraction of sp³-hybridized carbons (Fsp3) is 0.647.